The van der Waals surface area contributed by atoms with E-state index in [4.69, 9.17) is 21.4 Å². The Bertz CT molecular complexity index is 553. The lowest BCUT2D eigenvalue weighted by atomic mass is 10.1. The van der Waals surface area contributed by atoms with Crippen LogP contribution in [0.2, 0.25) is 5.02 Å². The second-order valence-corrected chi connectivity index (χ2v) is 5.85. The third-order valence-electron chi connectivity index (χ3n) is 2.35. The molecule has 0 bridgehead atoms. The first-order valence-electron chi connectivity index (χ1n) is 6.65. The maximum Gasteiger partial charge on any atom is 0.250 e. The molecule has 21 heavy (non-hydrogen) atoms. The van der Waals surface area contributed by atoms with E-state index in [2.05, 4.69) is 17.2 Å². The third-order valence-corrected chi connectivity index (χ3v) is 2.59. The minimum atomic E-state index is -0.380. The number of halogens is 1. The highest BCUT2D eigenvalue weighted by atomic mass is 35.5. The summed E-state index contributed by atoms with van der Waals surface area (Å²) >= 11 is 5.94. The minimum Gasteiger partial charge on any atom is -0.395 e. The van der Waals surface area contributed by atoms with Crippen LogP contribution in [0.3, 0.4) is 0 Å². The summed E-state index contributed by atoms with van der Waals surface area (Å²) in [5.74, 6) is 5.44. The number of aliphatic hydroxyl groups excluding tert-OH is 1. The van der Waals surface area contributed by atoms with Gasteiger partial charge in [0.25, 0.3) is 0 Å². The standard InChI is InChI=1S/C16H20ClNO3/c1-16(2,3)21-11-15(20)18-14-10-13(17)8-7-12(14)6-4-5-9-19/h7-8,10,19H,5,9,11H2,1-3H3,(H,18,20). The lowest BCUT2D eigenvalue weighted by molar-refractivity contribution is -0.125. The summed E-state index contributed by atoms with van der Waals surface area (Å²) in [6, 6.07) is 5.07. The molecule has 0 saturated carbocycles. The molecule has 0 aliphatic heterocycles. The molecular formula is C16H20ClNO3. The molecule has 0 fully saturated rings. The molecule has 114 valence electrons. The largest absolute Gasteiger partial charge is 0.395 e. The van der Waals surface area contributed by atoms with Crippen LogP contribution in [0, 0.1) is 11.8 Å². The van der Waals surface area contributed by atoms with Crippen molar-refractivity contribution in [3.8, 4) is 11.8 Å². The molecule has 2 N–H and O–H groups in total. The lowest BCUT2D eigenvalue weighted by Gasteiger charge is -2.19. The van der Waals surface area contributed by atoms with Gasteiger partial charge in [-0.25, -0.2) is 0 Å². The minimum absolute atomic E-state index is 0.00169. The molecule has 4 nitrogen and oxygen atoms in total. The molecule has 1 amide bonds. The molecule has 5 heteroatoms. The first kappa shape index (κ1) is 17.5. The van der Waals surface area contributed by atoms with Crippen molar-refractivity contribution in [2.24, 2.45) is 0 Å². The quantitative estimate of drug-likeness (QED) is 0.841. The fourth-order valence-corrected chi connectivity index (χ4v) is 1.58. The number of hydrogen-bond donors (Lipinski definition) is 2. The Morgan fingerprint density at radius 1 is 1.43 bits per heavy atom. The number of carbonyl (C=O) groups is 1. The first-order valence-corrected chi connectivity index (χ1v) is 7.03. The van der Waals surface area contributed by atoms with Gasteiger partial charge in [-0.15, -0.1) is 0 Å². The summed E-state index contributed by atoms with van der Waals surface area (Å²) in [5, 5.41) is 12.0. The van der Waals surface area contributed by atoms with Crippen molar-refractivity contribution in [2.45, 2.75) is 32.8 Å². The van der Waals surface area contributed by atoms with E-state index in [0.29, 0.717) is 22.7 Å². The molecule has 0 aliphatic rings. The third kappa shape index (κ3) is 7.14. The second kappa shape index (κ2) is 8.04. The number of hydrogen-bond acceptors (Lipinski definition) is 3. The van der Waals surface area contributed by atoms with E-state index < -0.39 is 0 Å². The molecule has 0 atom stereocenters. The molecule has 1 rings (SSSR count). The summed E-state index contributed by atoms with van der Waals surface area (Å²) in [7, 11) is 0. The van der Waals surface area contributed by atoms with E-state index in [1.54, 1.807) is 18.2 Å². The van der Waals surface area contributed by atoms with Crippen molar-refractivity contribution in [3.05, 3.63) is 28.8 Å². The van der Waals surface area contributed by atoms with E-state index in [1.165, 1.54) is 0 Å². The smallest absolute Gasteiger partial charge is 0.250 e. The van der Waals surface area contributed by atoms with Crippen LogP contribution in [0.5, 0.6) is 0 Å². The monoisotopic (exact) mass is 309 g/mol. The molecule has 0 saturated heterocycles. The molecule has 0 spiro atoms. The Balaban J connectivity index is 2.79. The highest BCUT2D eigenvalue weighted by molar-refractivity contribution is 6.31. The van der Waals surface area contributed by atoms with Crippen molar-refractivity contribution >= 4 is 23.2 Å². The highest BCUT2D eigenvalue weighted by Gasteiger charge is 2.13. The number of carbonyl (C=O) groups excluding carboxylic acids is 1. The second-order valence-electron chi connectivity index (χ2n) is 5.41. The van der Waals surface area contributed by atoms with E-state index in [1.807, 2.05) is 20.8 Å². The molecule has 1 aromatic carbocycles. The average molecular weight is 310 g/mol. The van der Waals surface area contributed by atoms with Crippen LogP contribution in [-0.4, -0.2) is 29.8 Å². The van der Waals surface area contributed by atoms with Gasteiger partial charge in [0, 0.05) is 17.0 Å². The number of rotatable bonds is 4. The summed E-state index contributed by atoms with van der Waals surface area (Å²) in [5.41, 5.74) is 0.808. The molecule has 0 aromatic heterocycles. The van der Waals surface area contributed by atoms with Crippen LogP contribution in [0.1, 0.15) is 32.8 Å². The fraction of sp³-hybridized carbons (Fsp3) is 0.438. The van der Waals surface area contributed by atoms with Crippen molar-refractivity contribution in [3.63, 3.8) is 0 Å². The van der Waals surface area contributed by atoms with Gasteiger partial charge in [-0.2, -0.15) is 0 Å². The van der Waals surface area contributed by atoms with Gasteiger partial charge < -0.3 is 15.2 Å². The maximum atomic E-state index is 11.9. The Kier molecular flexibility index (Phi) is 6.70. The van der Waals surface area contributed by atoms with Gasteiger partial charge in [0.2, 0.25) is 5.91 Å². The van der Waals surface area contributed by atoms with Gasteiger partial charge in [-0.3, -0.25) is 4.79 Å². The van der Waals surface area contributed by atoms with Gasteiger partial charge in [-0.05, 0) is 39.0 Å². The van der Waals surface area contributed by atoms with Crippen molar-refractivity contribution in [1.82, 2.24) is 0 Å². The Morgan fingerprint density at radius 3 is 2.76 bits per heavy atom. The topological polar surface area (TPSA) is 58.6 Å². The summed E-state index contributed by atoms with van der Waals surface area (Å²) in [6.45, 7) is 5.60. The molecule has 0 unspecified atom stereocenters. The molecule has 0 radical (unpaired) electrons. The molecular weight excluding hydrogens is 290 g/mol. The SMILES string of the molecule is CC(C)(C)OCC(=O)Nc1cc(Cl)ccc1C#CCCO. The van der Waals surface area contributed by atoms with Gasteiger partial charge in [-0.1, -0.05) is 23.4 Å². The van der Waals surface area contributed by atoms with E-state index >= 15 is 0 Å². The van der Waals surface area contributed by atoms with Crippen LogP contribution in [-0.2, 0) is 9.53 Å². The summed E-state index contributed by atoms with van der Waals surface area (Å²) in [6.07, 6.45) is 0.378. The van der Waals surface area contributed by atoms with Gasteiger partial charge in [0.1, 0.15) is 6.61 Å². The molecule has 1 aromatic rings. The van der Waals surface area contributed by atoms with Crippen LogP contribution in [0.15, 0.2) is 18.2 Å². The zero-order chi connectivity index (χ0) is 15.9. The van der Waals surface area contributed by atoms with Crippen molar-refractivity contribution in [1.29, 1.82) is 0 Å². The highest BCUT2D eigenvalue weighted by Crippen LogP contribution is 2.20. The predicted octanol–water partition coefficient (Wildman–Crippen LogP) is 2.83. The number of ether oxygens (including phenoxy) is 1. The zero-order valence-electron chi connectivity index (χ0n) is 12.5. The van der Waals surface area contributed by atoms with E-state index in [9.17, 15) is 4.79 Å². The normalized spacial score (nSPS) is 10.7. The maximum absolute atomic E-state index is 11.9. The Hall–Kier alpha value is -1.54. The van der Waals surface area contributed by atoms with E-state index in [-0.39, 0.29) is 24.7 Å². The lowest BCUT2D eigenvalue weighted by Crippen LogP contribution is -2.27. The van der Waals surface area contributed by atoms with Crippen molar-refractivity contribution < 1.29 is 14.6 Å². The number of benzene rings is 1. The number of anilines is 1. The van der Waals surface area contributed by atoms with Gasteiger partial charge in [0.15, 0.2) is 0 Å². The van der Waals surface area contributed by atoms with Gasteiger partial charge >= 0.3 is 0 Å². The molecule has 0 heterocycles. The predicted molar refractivity (Wildman–Crippen MR) is 84.4 cm³/mol. The zero-order valence-corrected chi connectivity index (χ0v) is 13.3. The number of amides is 1. The fourth-order valence-electron chi connectivity index (χ4n) is 1.41. The van der Waals surface area contributed by atoms with Crippen LogP contribution in [0.4, 0.5) is 5.69 Å². The Labute approximate surface area is 130 Å². The van der Waals surface area contributed by atoms with Crippen LogP contribution < -0.4 is 5.32 Å². The van der Waals surface area contributed by atoms with Gasteiger partial charge in [0.05, 0.1) is 17.9 Å². The van der Waals surface area contributed by atoms with E-state index in [0.717, 1.165) is 0 Å². The number of nitrogens with one attached hydrogen (secondary N) is 1. The Morgan fingerprint density at radius 2 is 2.14 bits per heavy atom. The van der Waals surface area contributed by atoms with Crippen LogP contribution >= 0.6 is 11.6 Å². The molecule has 0 aliphatic carbocycles. The number of aliphatic hydroxyl groups is 1. The first-order chi connectivity index (χ1) is 9.81. The van der Waals surface area contributed by atoms with Crippen LogP contribution in [0.25, 0.3) is 0 Å². The summed E-state index contributed by atoms with van der Waals surface area (Å²) in [4.78, 5) is 11.9. The summed E-state index contributed by atoms with van der Waals surface area (Å²) < 4.78 is 5.42. The van der Waals surface area contributed by atoms with Crippen molar-refractivity contribution in [2.75, 3.05) is 18.5 Å². The average Bonchev–Trinajstić information content (AvgIpc) is 2.38.